The SMILES string of the molecule is Cc1cc(C)c(CC2CON=C(c3c(Oc4cncc(C#N)c4)cnc4cncn34)N2)s1. The number of nitrogens with zero attached hydrogens (tertiary/aromatic N) is 6. The lowest BCUT2D eigenvalue weighted by molar-refractivity contribution is 0.109. The Morgan fingerprint density at radius 3 is 2.97 bits per heavy atom. The van der Waals surface area contributed by atoms with E-state index in [1.165, 1.54) is 21.5 Å². The highest BCUT2D eigenvalue weighted by molar-refractivity contribution is 7.12. The zero-order valence-corrected chi connectivity index (χ0v) is 18.3. The zero-order chi connectivity index (χ0) is 22.1. The predicted octanol–water partition coefficient (Wildman–Crippen LogP) is 3.36. The van der Waals surface area contributed by atoms with Crippen LogP contribution in [0, 0.1) is 25.2 Å². The van der Waals surface area contributed by atoms with Crippen LogP contribution in [0.4, 0.5) is 0 Å². The molecule has 1 aliphatic rings. The van der Waals surface area contributed by atoms with Crippen LogP contribution in [0.25, 0.3) is 5.65 Å². The van der Waals surface area contributed by atoms with Gasteiger partial charge in [0.05, 0.1) is 30.2 Å². The summed E-state index contributed by atoms with van der Waals surface area (Å²) in [6.07, 6.45) is 8.75. The minimum Gasteiger partial charge on any atom is -0.452 e. The molecule has 10 heteroatoms. The molecule has 0 saturated carbocycles. The van der Waals surface area contributed by atoms with E-state index in [1.807, 2.05) is 0 Å². The van der Waals surface area contributed by atoms with Gasteiger partial charge in [-0.2, -0.15) is 5.26 Å². The molecule has 0 amide bonds. The summed E-state index contributed by atoms with van der Waals surface area (Å²) in [6.45, 7) is 4.71. The smallest absolute Gasteiger partial charge is 0.194 e. The quantitative estimate of drug-likeness (QED) is 0.502. The first-order valence-corrected chi connectivity index (χ1v) is 10.8. The van der Waals surface area contributed by atoms with Crippen LogP contribution in [0.2, 0.25) is 0 Å². The third kappa shape index (κ3) is 3.86. The molecule has 1 atom stereocenters. The molecule has 160 valence electrons. The molecular weight excluding hydrogens is 426 g/mol. The minimum atomic E-state index is 0.0439. The van der Waals surface area contributed by atoms with Gasteiger partial charge in [-0.1, -0.05) is 5.16 Å². The topological polar surface area (TPSA) is 110 Å². The molecule has 0 saturated heterocycles. The molecule has 0 aliphatic carbocycles. The molecule has 4 aromatic rings. The van der Waals surface area contributed by atoms with E-state index >= 15 is 0 Å². The van der Waals surface area contributed by atoms with Crippen LogP contribution in [-0.4, -0.2) is 37.8 Å². The molecule has 9 nitrogen and oxygen atoms in total. The first-order valence-electron chi connectivity index (χ1n) is 9.97. The van der Waals surface area contributed by atoms with Crippen molar-refractivity contribution in [3.63, 3.8) is 0 Å². The Morgan fingerprint density at radius 1 is 1.25 bits per heavy atom. The predicted molar refractivity (Wildman–Crippen MR) is 119 cm³/mol. The van der Waals surface area contributed by atoms with Crippen molar-refractivity contribution in [1.82, 2.24) is 24.7 Å². The Kier molecular flexibility index (Phi) is 5.17. The molecule has 32 heavy (non-hydrogen) atoms. The van der Waals surface area contributed by atoms with Crippen LogP contribution in [0.3, 0.4) is 0 Å². The van der Waals surface area contributed by atoms with E-state index in [2.05, 4.69) is 51.4 Å². The fourth-order valence-corrected chi connectivity index (χ4v) is 4.75. The molecule has 1 aliphatic heterocycles. The number of hydrogen-bond donors (Lipinski definition) is 1. The number of oxime groups is 1. The summed E-state index contributed by atoms with van der Waals surface area (Å²) in [5, 5.41) is 16.9. The second-order valence-electron chi connectivity index (χ2n) is 7.46. The minimum absolute atomic E-state index is 0.0439. The van der Waals surface area contributed by atoms with Gasteiger partial charge < -0.3 is 14.9 Å². The molecule has 0 aromatic carbocycles. The lowest BCUT2D eigenvalue weighted by Crippen LogP contribution is -2.44. The van der Waals surface area contributed by atoms with Crippen molar-refractivity contribution in [2.45, 2.75) is 26.3 Å². The van der Waals surface area contributed by atoms with Crippen LogP contribution in [0.15, 0.2) is 48.4 Å². The molecular formula is C22H19N7O2S. The Balaban J connectivity index is 1.49. The molecule has 4 aromatic heterocycles. The van der Waals surface area contributed by atoms with E-state index in [0.717, 1.165) is 6.42 Å². The molecule has 0 spiro atoms. The Hall–Kier alpha value is -3.97. The van der Waals surface area contributed by atoms with Gasteiger partial charge in [0.15, 0.2) is 17.2 Å². The van der Waals surface area contributed by atoms with Crippen LogP contribution in [-0.2, 0) is 11.3 Å². The van der Waals surface area contributed by atoms with Gasteiger partial charge in [-0.05, 0) is 25.5 Å². The first-order chi connectivity index (χ1) is 15.6. The molecule has 1 unspecified atom stereocenters. The van der Waals surface area contributed by atoms with Gasteiger partial charge >= 0.3 is 0 Å². The molecule has 5 heterocycles. The number of rotatable bonds is 5. The lowest BCUT2D eigenvalue weighted by atomic mass is 10.1. The monoisotopic (exact) mass is 445 g/mol. The van der Waals surface area contributed by atoms with Crippen molar-refractivity contribution in [3.8, 4) is 17.6 Å². The fourth-order valence-electron chi connectivity index (χ4n) is 3.62. The number of hydrogen-bond acceptors (Lipinski definition) is 9. The van der Waals surface area contributed by atoms with Crippen LogP contribution < -0.4 is 10.1 Å². The number of thiophene rings is 1. The second kappa shape index (κ2) is 8.28. The maximum atomic E-state index is 9.16. The van der Waals surface area contributed by atoms with Crippen molar-refractivity contribution in [2.75, 3.05) is 6.61 Å². The summed E-state index contributed by atoms with van der Waals surface area (Å²) in [5.41, 5.74) is 2.96. The highest BCUT2D eigenvalue weighted by atomic mass is 32.1. The van der Waals surface area contributed by atoms with Gasteiger partial charge in [-0.15, -0.1) is 11.3 Å². The van der Waals surface area contributed by atoms with E-state index in [0.29, 0.717) is 40.8 Å². The maximum absolute atomic E-state index is 9.16. The Labute approximate surface area is 188 Å². The average molecular weight is 446 g/mol. The van der Waals surface area contributed by atoms with E-state index in [9.17, 15) is 0 Å². The molecule has 0 bridgehead atoms. The summed E-state index contributed by atoms with van der Waals surface area (Å²) in [6, 6.07) is 5.92. The Bertz CT molecular complexity index is 1370. The maximum Gasteiger partial charge on any atom is 0.194 e. The normalized spacial score (nSPS) is 15.5. The van der Waals surface area contributed by atoms with E-state index in [-0.39, 0.29) is 6.04 Å². The van der Waals surface area contributed by atoms with Crippen LogP contribution >= 0.6 is 11.3 Å². The average Bonchev–Trinajstić information content (AvgIpc) is 3.39. The van der Waals surface area contributed by atoms with Gasteiger partial charge in [0, 0.05) is 28.4 Å². The highest BCUT2D eigenvalue weighted by Gasteiger charge is 2.25. The van der Waals surface area contributed by atoms with E-state index in [4.69, 9.17) is 14.8 Å². The summed E-state index contributed by atoms with van der Waals surface area (Å²) >= 11 is 1.80. The number of amidine groups is 1. The summed E-state index contributed by atoms with van der Waals surface area (Å²) in [5.74, 6) is 1.38. The first kappa shape index (κ1) is 20.0. The second-order valence-corrected chi connectivity index (χ2v) is 8.80. The van der Waals surface area contributed by atoms with Crippen molar-refractivity contribution < 1.29 is 9.57 Å². The van der Waals surface area contributed by atoms with E-state index in [1.54, 1.807) is 46.7 Å². The summed E-state index contributed by atoms with van der Waals surface area (Å²) in [4.78, 5) is 20.9. The fraction of sp³-hybridized carbons (Fsp3) is 0.227. The number of fused-ring (bicyclic) bond motifs is 1. The van der Waals surface area contributed by atoms with Gasteiger partial charge in [0.2, 0.25) is 0 Å². The molecule has 1 N–H and O–H groups in total. The standard InChI is InChI=1S/C22H19N7O2S/c1-13-3-14(2)32-19(13)5-16-11-30-28-22(27-16)21-18(9-26-20-10-25-12-29(20)21)31-17-4-15(6-23)7-24-8-17/h3-4,7-10,12,16H,5,11H2,1-2H3,(H,27,28). The van der Waals surface area contributed by atoms with Crippen molar-refractivity contribution in [2.24, 2.45) is 5.16 Å². The van der Waals surface area contributed by atoms with E-state index < -0.39 is 0 Å². The number of nitriles is 1. The molecule has 5 rings (SSSR count). The van der Waals surface area contributed by atoms with Gasteiger partial charge in [0.25, 0.3) is 0 Å². The van der Waals surface area contributed by atoms with Crippen molar-refractivity contribution in [3.05, 3.63) is 69.8 Å². The van der Waals surface area contributed by atoms with Crippen molar-refractivity contribution in [1.29, 1.82) is 5.26 Å². The molecule has 0 radical (unpaired) electrons. The highest BCUT2D eigenvalue weighted by Crippen LogP contribution is 2.27. The zero-order valence-electron chi connectivity index (χ0n) is 17.4. The number of nitrogens with one attached hydrogen (secondary N) is 1. The third-order valence-corrected chi connectivity index (χ3v) is 6.22. The third-order valence-electron chi connectivity index (χ3n) is 5.05. The number of imidazole rings is 1. The lowest BCUT2D eigenvalue weighted by Gasteiger charge is -2.25. The van der Waals surface area contributed by atoms with Gasteiger partial charge in [0.1, 0.15) is 30.4 Å². The van der Waals surface area contributed by atoms with Gasteiger partial charge in [-0.25, -0.2) is 9.97 Å². The van der Waals surface area contributed by atoms with Crippen molar-refractivity contribution >= 4 is 22.8 Å². The molecule has 0 fully saturated rings. The summed E-state index contributed by atoms with van der Waals surface area (Å²) < 4.78 is 7.85. The number of pyridine rings is 1. The number of ether oxygens (including phenoxy) is 1. The van der Waals surface area contributed by atoms with Crippen LogP contribution in [0.5, 0.6) is 11.5 Å². The Morgan fingerprint density at radius 2 is 2.16 bits per heavy atom. The summed E-state index contributed by atoms with van der Waals surface area (Å²) in [7, 11) is 0. The van der Waals surface area contributed by atoms with Crippen LogP contribution in [0.1, 0.15) is 26.6 Å². The number of aromatic nitrogens is 4. The van der Waals surface area contributed by atoms with Gasteiger partial charge in [-0.3, -0.25) is 9.38 Å². The number of aryl methyl sites for hydroxylation is 2. The largest absolute Gasteiger partial charge is 0.452 e.